The lowest BCUT2D eigenvalue weighted by molar-refractivity contribution is -0.127. The molecule has 1 fully saturated rings. The molecule has 1 saturated heterocycles. The summed E-state index contributed by atoms with van der Waals surface area (Å²) in [6.45, 7) is 6.96. The fourth-order valence-electron chi connectivity index (χ4n) is 2.49. The zero-order chi connectivity index (χ0) is 20.0. The number of piperazine rings is 1. The topological polar surface area (TPSA) is 90.7 Å². The van der Waals surface area contributed by atoms with E-state index in [-0.39, 0.29) is 17.8 Å². The first kappa shape index (κ1) is 20.2. The van der Waals surface area contributed by atoms with E-state index in [1.807, 2.05) is 6.07 Å². The fourth-order valence-corrected chi connectivity index (χ4v) is 2.49. The molecule has 2 rings (SSSR count). The van der Waals surface area contributed by atoms with E-state index in [1.54, 1.807) is 54.8 Å². The number of ketones is 1. The van der Waals surface area contributed by atoms with Crippen LogP contribution >= 0.6 is 0 Å². The van der Waals surface area contributed by atoms with Gasteiger partial charge >= 0.3 is 6.09 Å². The van der Waals surface area contributed by atoms with Crippen LogP contribution in [0.4, 0.5) is 4.79 Å². The minimum absolute atomic E-state index is 0.277. The van der Waals surface area contributed by atoms with Crippen LogP contribution in [-0.2, 0) is 9.53 Å². The summed E-state index contributed by atoms with van der Waals surface area (Å²) in [4.78, 5) is 39.5. The zero-order valence-electron chi connectivity index (χ0n) is 15.8. The number of carbonyl (C=O) groups is 3. The average molecular weight is 369 g/mol. The molecule has 0 N–H and O–H groups in total. The second kappa shape index (κ2) is 8.49. The number of hydrogen-bond acceptors (Lipinski definition) is 5. The summed E-state index contributed by atoms with van der Waals surface area (Å²) in [6.07, 6.45) is 2.08. The van der Waals surface area contributed by atoms with Crippen LogP contribution in [0.3, 0.4) is 0 Å². The van der Waals surface area contributed by atoms with Crippen molar-refractivity contribution in [1.82, 2.24) is 9.80 Å². The molecular weight excluding hydrogens is 346 g/mol. The second-order valence-electron chi connectivity index (χ2n) is 7.18. The van der Waals surface area contributed by atoms with E-state index < -0.39 is 5.60 Å². The number of carbonyl (C=O) groups excluding carboxylic acids is 3. The largest absolute Gasteiger partial charge is 0.444 e. The van der Waals surface area contributed by atoms with E-state index in [1.165, 1.54) is 12.2 Å². The number of allylic oxidation sites excluding steroid dienone is 1. The Morgan fingerprint density at radius 1 is 1.00 bits per heavy atom. The molecule has 0 aliphatic carbocycles. The van der Waals surface area contributed by atoms with Crippen LogP contribution in [0, 0.1) is 11.3 Å². The zero-order valence-corrected chi connectivity index (χ0v) is 15.8. The monoisotopic (exact) mass is 369 g/mol. The van der Waals surface area contributed by atoms with Gasteiger partial charge in [0, 0.05) is 37.8 Å². The highest BCUT2D eigenvalue weighted by atomic mass is 16.6. The maximum Gasteiger partial charge on any atom is 0.410 e. The summed E-state index contributed by atoms with van der Waals surface area (Å²) in [5.41, 5.74) is 0.320. The number of benzene rings is 1. The van der Waals surface area contributed by atoms with Crippen molar-refractivity contribution in [3.05, 3.63) is 47.5 Å². The first-order valence-corrected chi connectivity index (χ1v) is 8.69. The third-order valence-electron chi connectivity index (χ3n) is 3.92. The Hall–Kier alpha value is -3.14. The minimum Gasteiger partial charge on any atom is -0.444 e. The summed E-state index contributed by atoms with van der Waals surface area (Å²) < 4.78 is 5.32. The molecule has 1 aliphatic heterocycles. The third-order valence-corrected chi connectivity index (χ3v) is 3.92. The Balaban J connectivity index is 1.86. The van der Waals surface area contributed by atoms with Gasteiger partial charge in [-0.2, -0.15) is 5.26 Å². The van der Waals surface area contributed by atoms with Crippen LogP contribution in [0.2, 0.25) is 0 Å². The highest BCUT2D eigenvalue weighted by Crippen LogP contribution is 2.12. The molecule has 7 heteroatoms. The molecule has 2 amide bonds. The molecule has 0 bridgehead atoms. The van der Waals surface area contributed by atoms with Crippen molar-refractivity contribution in [3.63, 3.8) is 0 Å². The first-order chi connectivity index (χ1) is 12.7. The summed E-state index contributed by atoms with van der Waals surface area (Å²) >= 11 is 0. The molecule has 142 valence electrons. The fraction of sp³-hybridized carbons (Fsp3) is 0.400. The number of amides is 2. The smallest absolute Gasteiger partial charge is 0.410 e. The van der Waals surface area contributed by atoms with Crippen LogP contribution in [0.5, 0.6) is 0 Å². The molecule has 0 atom stereocenters. The summed E-state index contributed by atoms with van der Waals surface area (Å²) in [6, 6.07) is 8.19. The van der Waals surface area contributed by atoms with Crippen LogP contribution in [0.25, 0.3) is 0 Å². The van der Waals surface area contributed by atoms with E-state index >= 15 is 0 Å². The van der Waals surface area contributed by atoms with Crippen molar-refractivity contribution in [2.24, 2.45) is 0 Å². The van der Waals surface area contributed by atoms with Gasteiger partial charge in [0.15, 0.2) is 5.78 Å². The summed E-state index contributed by atoms with van der Waals surface area (Å²) in [5, 5.41) is 8.76. The molecule has 27 heavy (non-hydrogen) atoms. The average Bonchev–Trinajstić information content (AvgIpc) is 2.64. The number of nitriles is 1. The summed E-state index contributed by atoms with van der Waals surface area (Å²) in [7, 11) is 0. The second-order valence-corrected chi connectivity index (χ2v) is 7.18. The molecule has 0 aromatic heterocycles. The Labute approximate surface area is 158 Å². The van der Waals surface area contributed by atoms with Crippen LogP contribution < -0.4 is 0 Å². The molecule has 0 saturated carbocycles. The molecule has 1 heterocycles. The minimum atomic E-state index is -0.557. The van der Waals surface area contributed by atoms with Gasteiger partial charge in [0.1, 0.15) is 5.60 Å². The van der Waals surface area contributed by atoms with E-state index in [9.17, 15) is 14.4 Å². The van der Waals surface area contributed by atoms with E-state index in [4.69, 9.17) is 10.00 Å². The van der Waals surface area contributed by atoms with Crippen molar-refractivity contribution in [2.45, 2.75) is 26.4 Å². The van der Waals surface area contributed by atoms with E-state index in [0.717, 1.165) is 0 Å². The van der Waals surface area contributed by atoms with Crippen molar-refractivity contribution in [1.29, 1.82) is 5.26 Å². The van der Waals surface area contributed by atoms with Crippen molar-refractivity contribution in [2.75, 3.05) is 26.2 Å². The van der Waals surface area contributed by atoms with Gasteiger partial charge in [-0.25, -0.2) is 4.79 Å². The van der Waals surface area contributed by atoms with Gasteiger partial charge in [0.25, 0.3) is 0 Å². The molecule has 0 spiro atoms. The maximum atomic E-state index is 12.2. The van der Waals surface area contributed by atoms with Crippen LogP contribution in [0.1, 0.15) is 36.7 Å². The molecule has 1 aliphatic rings. The SMILES string of the molecule is CC(C)(C)OC(=O)N1CCN(C(=O)/C=C/C(=O)c2ccc(C#N)cc2)CC1. The Morgan fingerprint density at radius 3 is 2.07 bits per heavy atom. The number of nitrogens with zero attached hydrogens (tertiary/aromatic N) is 3. The standard InChI is InChI=1S/C20H23N3O4/c1-20(2,3)27-19(26)23-12-10-22(11-13-23)18(25)9-8-17(24)16-6-4-15(14-21)5-7-16/h4-9H,10-13H2,1-3H3/b9-8+. The van der Waals surface area contributed by atoms with Gasteiger partial charge < -0.3 is 14.5 Å². The lowest BCUT2D eigenvalue weighted by Gasteiger charge is -2.35. The van der Waals surface area contributed by atoms with Gasteiger partial charge in [-0.3, -0.25) is 9.59 Å². The normalized spacial score (nSPS) is 14.7. The molecule has 0 unspecified atom stereocenters. The van der Waals surface area contributed by atoms with Gasteiger partial charge in [0.2, 0.25) is 5.91 Å². The quantitative estimate of drug-likeness (QED) is 0.603. The lowest BCUT2D eigenvalue weighted by Crippen LogP contribution is -2.51. The molecule has 0 radical (unpaired) electrons. The third kappa shape index (κ3) is 5.96. The van der Waals surface area contributed by atoms with Crippen LogP contribution in [0.15, 0.2) is 36.4 Å². The van der Waals surface area contributed by atoms with Gasteiger partial charge in [-0.05, 0) is 51.1 Å². The number of ether oxygens (including phenoxy) is 1. The van der Waals surface area contributed by atoms with Gasteiger partial charge in [-0.15, -0.1) is 0 Å². The first-order valence-electron chi connectivity index (χ1n) is 8.69. The Kier molecular flexibility index (Phi) is 6.35. The Morgan fingerprint density at radius 2 is 1.56 bits per heavy atom. The highest BCUT2D eigenvalue weighted by molar-refractivity contribution is 6.07. The number of rotatable bonds is 3. The van der Waals surface area contributed by atoms with Crippen LogP contribution in [-0.4, -0.2) is 59.4 Å². The predicted molar refractivity (Wildman–Crippen MR) is 99.0 cm³/mol. The van der Waals surface area contributed by atoms with Crippen molar-refractivity contribution in [3.8, 4) is 6.07 Å². The molecule has 1 aromatic carbocycles. The van der Waals surface area contributed by atoms with E-state index in [0.29, 0.717) is 37.3 Å². The van der Waals surface area contributed by atoms with Crippen molar-refractivity contribution >= 4 is 17.8 Å². The lowest BCUT2D eigenvalue weighted by atomic mass is 10.1. The molecular formula is C20H23N3O4. The molecule has 1 aromatic rings. The number of hydrogen-bond donors (Lipinski definition) is 0. The Bertz CT molecular complexity index is 777. The van der Waals surface area contributed by atoms with Gasteiger partial charge in [-0.1, -0.05) is 0 Å². The van der Waals surface area contributed by atoms with Gasteiger partial charge in [0.05, 0.1) is 11.6 Å². The summed E-state index contributed by atoms with van der Waals surface area (Å²) in [5.74, 6) is -0.582. The molecule has 7 nitrogen and oxygen atoms in total. The van der Waals surface area contributed by atoms with E-state index in [2.05, 4.69) is 0 Å². The van der Waals surface area contributed by atoms with Crippen molar-refractivity contribution < 1.29 is 19.1 Å². The predicted octanol–water partition coefficient (Wildman–Crippen LogP) is 2.38. The highest BCUT2D eigenvalue weighted by Gasteiger charge is 2.27. The maximum absolute atomic E-state index is 12.2.